The number of hydrogen-bond donors (Lipinski definition) is 0. The summed E-state index contributed by atoms with van der Waals surface area (Å²) < 4.78 is 0. The van der Waals surface area contributed by atoms with E-state index in [2.05, 4.69) is 27.0 Å². The van der Waals surface area contributed by atoms with Crippen LogP contribution < -0.4 is 4.90 Å². The van der Waals surface area contributed by atoms with Crippen molar-refractivity contribution in [2.24, 2.45) is 0 Å². The van der Waals surface area contributed by atoms with Crippen LogP contribution in [0.3, 0.4) is 0 Å². The van der Waals surface area contributed by atoms with E-state index in [1.807, 2.05) is 48.5 Å². The fraction of sp³-hybridized carbons (Fsp3) is 0. The summed E-state index contributed by atoms with van der Waals surface area (Å²) in [6.45, 7) is 0. The van der Waals surface area contributed by atoms with Crippen molar-refractivity contribution in [3.63, 3.8) is 0 Å². The van der Waals surface area contributed by atoms with Gasteiger partial charge in [0.25, 0.3) is 0 Å². The van der Waals surface area contributed by atoms with Crippen LogP contribution in [0.5, 0.6) is 0 Å². The molecule has 0 aliphatic rings. The van der Waals surface area contributed by atoms with Gasteiger partial charge in [-0.15, -0.1) is 0 Å². The number of nitrogens with zero attached hydrogens (tertiary/aromatic N) is 3. The van der Waals surface area contributed by atoms with Gasteiger partial charge in [-0.1, -0.05) is 24.3 Å². The van der Waals surface area contributed by atoms with E-state index in [1.54, 1.807) is 18.6 Å². The summed E-state index contributed by atoms with van der Waals surface area (Å²) in [6, 6.07) is 20.0. The standard InChI is InChI=1S/C16H13N3/c1-2-6-14(7-3-1)19(15-9-12-17-13-10-15)16-8-4-5-11-18-16/h1-13H. The highest BCUT2D eigenvalue weighted by Crippen LogP contribution is 2.31. The normalized spacial score (nSPS) is 10.1. The first-order valence-electron chi connectivity index (χ1n) is 6.11. The minimum absolute atomic E-state index is 0.889. The highest BCUT2D eigenvalue weighted by Gasteiger charge is 2.11. The second kappa shape index (κ2) is 5.31. The Labute approximate surface area is 112 Å². The van der Waals surface area contributed by atoms with Crippen LogP contribution in [0.2, 0.25) is 0 Å². The fourth-order valence-electron chi connectivity index (χ4n) is 1.97. The van der Waals surface area contributed by atoms with E-state index in [1.165, 1.54) is 0 Å². The quantitative estimate of drug-likeness (QED) is 0.701. The summed E-state index contributed by atoms with van der Waals surface area (Å²) in [5.41, 5.74) is 2.12. The van der Waals surface area contributed by atoms with Gasteiger partial charge in [0.05, 0.1) is 5.69 Å². The molecule has 0 N–H and O–H groups in total. The van der Waals surface area contributed by atoms with Gasteiger partial charge in [0.1, 0.15) is 5.82 Å². The Bertz CT molecular complexity index is 530. The van der Waals surface area contributed by atoms with Gasteiger partial charge in [0, 0.05) is 24.3 Å². The highest BCUT2D eigenvalue weighted by atomic mass is 15.2. The van der Waals surface area contributed by atoms with E-state index in [9.17, 15) is 0 Å². The molecule has 2 aromatic heterocycles. The topological polar surface area (TPSA) is 29.0 Å². The summed E-state index contributed by atoms with van der Waals surface area (Å²) in [4.78, 5) is 10.6. The third kappa shape index (κ3) is 2.45. The minimum Gasteiger partial charge on any atom is -0.295 e. The van der Waals surface area contributed by atoms with Crippen LogP contribution in [0.25, 0.3) is 0 Å². The number of para-hydroxylation sites is 1. The highest BCUT2D eigenvalue weighted by molar-refractivity contribution is 5.73. The Balaban J connectivity index is 2.12. The van der Waals surface area contributed by atoms with Crippen LogP contribution in [0.1, 0.15) is 0 Å². The fourth-order valence-corrected chi connectivity index (χ4v) is 1.97. The summed E-state index contributed by atoms with van der Waals surface area (Å²) in [5.74, 6) is 0.889. The van der Waals surface area contributed by atoms with Crippen LogP contribution in [0.4, 0.5) is 17.2 Å². The van der Waals surface area contributed by atoms with Crippen molar-refractivity contribution in [1.29, 1.82) is 0 Å². The monoisotopic (exact) mass is 247 g/mol. The molecule has 0 spiro atoms. The van der Waals surface area contributed by atoms with Gasteiger partial charge in [0.15, 0.2) is 0 Å². The first-order chi connectivity index (χ1) is 9.45. The zero-order chi connectivity index (χ0) is 12.9. The third-order valence-electron chi connectivity index (χ3n) is 2.81. The average molecular weight is 247 g/mol. The van der Waals surface area contributed by atoms with Crippen molar-refractivity contribution >= 4 is 17.2 Å². The number of rotatable bonds is 3. The van der Waals surface area contributed by atoms with Gasteiger partial charge in [-0.25, -0.2) is 4.98 Å². The molecule has 3 aromatic rings. The van der Waals surface area contributed by atoms with Gasteiger partial charge in [-0.05, 0) is 36.4 Å². The van der Waals surface area contributed by atoms with E-state index in [-0.39, 0.29) is 0 Å². The molecule has 3 nitrogen and oxygen atoms in total. The molecule has 0 bridgehead atoms. The Hall–Kier alpha value is -2.68. The summed E-state index contributed by atoms with van der Waals surface area (Å²) in [5, 5.41) is 0. The van der Waals surface area contributed by atoms with Gasteiger partial charge in [0.2, 0.25) is 0 Å². The van der Waals surface area contributed by atoms with Crippen molar-refractivity contribution in [1.82, 2.24) is 9.97 Å². The van der Waals surface area contributed by atoms with Gasteiger partial charge < -0.3 is 0 Å². The van der Waals surface area contributed by atoms with E-state index >= 15 is 0 Å². The Morgan fingerprint density at radius 3 is 2.00 bits per heavy atom. The zero-order valence-electron chi connectivity index (χ0n) is 10.3. The second-order valence-corrected chi connectivity index (χ2v) is 4.06. The lowest BCUT2D eigenvalue weighted by atomic mass is 10.2. The zero-order valence-corrected chi connectivity index (χ0v) is 10.3. The molecular formula is C16H13N3. The number of pyridine rings is 2. The lowest BCUT2D eigenvalue weighted by Gasteiger charge is -2.23. The lowest BCUT2D eigenvalue weighted by Crippen LogP contribution is -2.11. The Morgan fingerprint density at radius 1 is 0.632 bits per heavy atom. The van der Waals surface area contributed by atoms with Gasteiger partial charge in [-0.2, -0.15) is 0 Å². The molecule has 0 unspecified atom stereocenters. The third-order valence-corrected chi connectivity index (χ3v) is 2.81. The van der Waals surface area contributed by atoms with Crippen LogP contribution >= 0.6 is 0 Å². The van der Waals surface area contributed by atoms with Crippen molar-refractivity contribution in [3.8, 4) is 0 Å². The predicted molar refractivity (Wildman–Crippen MR) is 76.7 cm³/mol. The maximum Gasteiger partial charge on any atom is 0.137 e. The molecule has 0 aliphatic carbocycles. The predicted octanol–water partition coefficient (Wildman–Crippen LogP) is 3.95. The SMILES string of the molecule is c1ccc(N(c2ccncc2)c2ccccn2)cc1. The van der Waals surface area contributed by atoms with Crippen molar-refractivity contribution in [3.05, 3.63) is 79.3 Å². The number of benzene rings is 1. The molecule has 0 aliphatic heterocycles. The largest absolute Gasteiger partial charge is 0.295 e. The molecule has 0 saturated heterocycles. The van der Waals surface area contributed by atoms with Crippen molar-refractivity contribution in [2.75, 3.05) is 4.90 Å². The number of aromatic nitrogens is 2. The molecule has 0 fully saturated rings. The maximum absolute atomic E-state index is 4.44. The molecule has 19 heavy (non-hydrogen) atoms. The lowest BCUT2D eigenvalue weighted by molar-refractivity contribution is 1.17. The molecule has 1 aromatic carbocycles. The Kier molecular flexibility index (Phi) is 3.19. The molecule has 3 rings (SSSR count). The summed E-state index contributed by atoms with van der Waals surface area (Å²) in [7, 11) is 0. The van der Waals surface area contributed by atoms with Crippen LogP contribution in [-0.4, -0.2) is 9.97 Å². The van der Waals surface area contributed by atoms with E-state index in [0.717, 1.165) is 17.2 Å². The van der Waals surface area contributed by atoms with Crippen LogP contribution in [0.15, 0.2) is 79.3 Å². The molecule has 0 atom stereocenters. The van der Waals surface area contributed by atoms with Crippen LogP contribution in [-0.2, 0) is 0 Å². The van der Waals surface area contributed by atoms with Gasteiger partial charge >= 0.3 is 0 Å². The minimum atomic E-state index is 0.889. The number of anilines is 3. The second-order valence-electron chi connectivity index (χ2n) is 4.06. The molecule has 2 heterocycles. The first-order valence-corrected chi connectivity index (χ1v) is 6.11. The van der Waals surface area contributed by atoms with E-state index in [4.69, 9.17) is 0 Å². The molecule has 0 saturated carbocycles. The Morgan fingerprint density at radius 2 is 1.32 bits per heavy atom. The van der Waals surface area contributed by atoms with Crippen molar-refractivity contribution < 1.29 is 0 Å². The summed E-state index contributed by atoms with van der Waals surface area (Å²) in [6.07, 6.45) is 5.37. The molecule has 0 radical (unpaired) electrons. The van der Waals surface area contributed by atoms with Gasteiger partial charge in [-0.3, -0.25) is 9.88 Å². The molecule has 0 amide bonds. The average Bonchev–Trinajstić information content (AvgIpc) is 2.51. The maximum atomic E-state index is 4.44. The number of hydrogen-bond acceptors (Lipinski definition) is 3. The summed E-state index contributed by atoms with van der Waals surface area (Å²) >= 11 is 0. The van der Waals surface area contributed by atoms with E-state index in [0.29, 0.717) is 0 Å². The van der Waals surface area contributed by atoms with Crippen LogP contribution in [0, 0.1) is 0 Å². The first kappa shape index (κ1) is 11.4. The molecular weight excluding hydrogens is 234 g/mol. The molecule has 92 valence electrons. The van der Waals surface area contributed by atoms with E-state index < -0.39 is 0 Å². The molecule has 3 heteroatoms. The van der Waals surface area contributed by atoms with Crippen molar-refractivity contribution in [2.45, 2.75) is 0 Å². The smallest absolute Gasteiger partial charge is 0.137 e.